The van der Waals surface area contributed by atoms with Crippen LogP contribution in [-0.4, -0.2) is 37.5 Å². The Labute approximate surface area is 178 Å². The van der Waals surface area contributed by atoms with Crippen LogP contribution in [0, 0.1) is 0 Å². The van der Waals surface area contributed by atoms with E-state index < -0.39 is 10.0 Å². The number of sulfonamides is 1. The zero-order valence-corrected chi connectivity index (χ0v) is 18.2. The normalized spacial score (nSPS) is 12.1. The molecule has 30 heavy (non-hydrogen) atoms. The van der Waals surface area contributed by atoms with E-state index in [0.717, 1.165) is 47.9 Å². The molecular formula is C24H27N3O2S. The summed E-state index contributed by atoms with van der Waals surface area (Å²) in [6.45, 7) is 8.32. The number of likely N-dealkylation sites (N-methyl/N-ethyl adjacent to an activating group) is 1. The number of nitrogens with zero attached hydrogens (tertiary/aromatic N) is 2. The number of benzene rings is 3. The smallest absolute Gasteiger partial charge is 0.261 e. The highest BCUT2D eigenvalue weighted by Gasteiger charge is 2.15. The summed E-state index contributed by atoms with van der Waals surface area (Å²) in [4.78, 5) is 2.65. The van der Waals surface area contributed by atoms with E-state index in [1.165, 1.54) is 0 Å². The summed E-state index contributed by atoms with van der Waals surface area (Å²) < 4.78 is 30.8. The summed E-state index contributed by atoms with van der Waals surface area (Å²) >= 11 is 0. The van der Waals surface area contributed by atoms with Gasteiger partial charge in [0.15, 0.2) is 0 Å². The Kier molecular flexibility index (Phi) is 5.79. The van der Waals surface area contributed by atoms with Gasteiger partial charge in [-0.3, -0.25) is 4.72 Å². The molecule has 156 valence electrons. The molecule has 0 aliphatic rings. The van der Waals surface area contributed by atoms with Gasteiger partial charge in [0, 0.05) is 35.9 Å². The van der Waals surface area contributed by atoms with Crippen LogP contribution in [0.3, 0.4) is 0 Å². The lowest BCUT2D eigenvalue weighted by molar-refractivity contribution is 0.292. The van der Waals surface area contributed by atoms with Crippen LogP contribution in [0.4, 0.5) is 5.69 Å². The average Bonchev–Trinajstić information content (AvgIpc) is 3.16. The highest BCUT2D eigenvalue weighted by Crippen LogP contribution is 2.24. The molecule has 0 saturated heterocycles. The number of anilines is 1. The van der Waals surface area contributed by atoms with Crippen LogP contribution in [0.5, 0.6) is 0 Å². The highest BCUT2D eigenvalue weighted by atomic mass is 32.2. The molecule has 0 unspecified atom stereocenters. The predicted molar refractivity (Wildman–Crippen MR) is 124 cm³/mol. The third-order valence-electron chi connectivity index (χ3n) is 5.61. The number of fused-ring (bicyclic) bond motifs is 2. The lowest BCUT2D eigenvalue weighted by atomic mass is 10.1. The number of nitrogens with one attached hydrogen (secondary N) is 1. The minimum Gasteiger partial charge on any atom is -0.346 e. The highest BCUT2D eigenvalue weighted by molar-refractivity contribution is 7.92. The minimum absolute atomic E-state index is 0.262. The summed E-state index contributed by atoms with van der Waals surface area (Å²) in [6.07, 6.45) is 2.07. The second kappa shape index (κ2) is 8.50. The van der Waals surface area contributed by atoms with E-state index in [2.05, 4.69) is 34.2 Å². The Morgan fingerprint density at radius 3 is 2.40 bits per heavy atom. The maximum absolute atomic E-state index is 12.9. The van der Waals surface area contributed by atoms with E-state index in [1.807, 2.05) is 54.6 Å². The van der Waals surface area contributed by atoms with Gasteiger partial charge in [-0.05, 0) is 60.3 Å². The van der Waals surface area contributed by atoms with E-state index in [0.29, 0.717) is 5.69 Å². The molecule has 1 heterocycles. The van der Waals surface area contributed by atoms with Crippen LogP contribution in [-0.2, 0) is 16.6 Å². The quantitative estimate of drug-likeness (QED) is 0.439. The zero-order chi connectivity index (χ0) is 21.1. The molecule has 0 aliphatic heterocycles. The Hall–Kier alpha value is -2.83. The van der Waals surface area contributed by atoms with Gasteiger partial charge in [-0.1, -0.05) is 44.2 Å². The number of rotatable bonds is 8. The minimum atomic E-state index is -3.66. The van der Waals surface area contributed by atoms with E-state index in [9.17, 15) is 8.42 Å². The average molecular weight is 422 g/mol. The van der Waals surface area contributed by atoms with Gasteiger partial charge in [0.1, 0.15) is 0 Å². The van der Waals surface area contributed by atoms with E-state index in [-0.39, 0.29) is 4.90 Å². The fourth-order valence-electron chi connectivity index (χ4n) is 3.80. The number of hydrogen-bond acceptors (Lipinski definition) is 3. The molecule has 0 spiro atoms. The first-order chi connectivity index (χ1) is 14.5. The molecule has 0 amide bonds. The Morgan fingerprint density at radius 2 is 1.63 bits per heavy atom. The summed E-state index contributed by atoms with van der Waals surface area (Å²) in [5.74, 6) is 0. The molecule has 1 aromatic heterocycles. The van der Waals surface area contributed by atoms with Crippen molar-refractivity contribution in [1.29, 1.82) is 0 Å². The molecule has 1 N–H and O–H groups in total. The van der Waals surface area contributed by atoms with Gasteiger partial charge in [0.25, 0.3) is 10.0 Å². The largest absolute Gasteiger partial charge is 0.346 e. The first-order valence-electron chi connectivity index (χ1n) is 10.3. The van der Waals surface area contributed by atoms with E-state index in [4.69, 9.17) is 0 Å². The van der Waals surface area contributed by atoms with Crippen LogP contribution in [0.1, 0.15) is 13.8 Å². The lowest BCUT2D eigenvalue weighted by Gasteiger charge is -2.18. The van der Waals surface area contributed by atoms with Crippen molar-refractivity contribution in [1.82, 2.24) is 9.47 Å². The number of hydrogen-bond donors (Lipinski definition) is 1. The van der Waals surface area contributed by atoms with E-state index >= 15 is 0 Å². The third kappa shape index (κ3) is 4.20. The van der Waals surface area contributed by atoms with Crippen LogP contribution in [0.25, 0.3) is 21.7 Å². The molecule has 0 bridgehead atoms. The molecule has 6 heteroatoms. The van der Waals surface area contributed by atoms with Gasteiger partial charge in [0.2, 0.25) is 0 Å². The first-order valence-corrected chi connectivity index (χ1v) is 11.8. The molecule has 0 fully saturated rings. The third-order valence-corrected chi connectivity index (χ3v) is 6.98. The Balaban J connectivity index is 1.55. The van der Waals surface area contributed by atoms with Crippen molar-refractivity contribution in [3.63, 3.8) is 0 Å². The molecule has 0 atom stereocenters. The van der Waals surface area contributed by atoms with Crippen molar-refractivity contribution in [2.24, 2.45) is 0 Å². The van der Waals surface area contributed by atoms with Gasteiger partial charge in [-0.2, -0.15) is 0 Å². The predicted octanol–water partition coefficient (Wildman–Crippen LogP) is 4.94. The van der Waals surface area contributed by atoms with Gasteiger partial charge in [0.05, 0.1) is 4.90 Å². The van der Waals surface area contributed by atoms with Crippen LogP contribution in [0.15, 0.2) is 77.8 Å². The molecule has 0 saturated carbocycles. The van der Waals surface area contributed by atoms with Crippen molar-refractivity contribution < 1.29 is 8.42 Å². The van der Waals surface area contributed by atoms with Gasteiger partial charge in [-0.25, -0.2) is 8.42 Å². The van der Waals surface area contributed by atoms with E-state index in [1.54, 1.807) is 12.1 Å². The fourth-order valence-corrected chi connectivity index (χ4v) is 4.88. The van der Waals surface area contributed by atoms with Crippen molar-refractivity contribution in [3.8, 4) is 0 Å². The SMILES string of the molecule is CCN(CC)CCn1ccc2cc(NS(=O)(=O)c3ccc4ccccc4c3)ccc21. The number of aromatic nitrogens is 1. The summed E-state index contributed by atoms with van der Waals surface area (Å²) in [6, 6.07) is 20.7. The Morgan fingerprint density at radius 1 is 0.867 bits per heavy atom. The molecule has 3 aromatic carbocycles. The van der Waals surface area contributed by atoms with Crippen molar-refractivity contribution >= 4 is 37.4 Å². The second-order valence-electron chi connectivity index (χ2n) is 7.42. The topological polar surface area (TPSA) is 54.3 Å². The van der Waals surface area contributed by atoms with Crippen LogP contribution < -0.4 is 4.72 Å². The van der Waals surface area contributed by atoms with Gasteiger partial charge < -0.3 is 9.47 Å². The zero-order valence-electron chi connectivity index (χ0n) is 17.4. The lowest BCUT2D eigenvalue weighted by Crippen LogP contribution is -2.26. The molecule has 5 nitrogen and oxygen atoms in total. The van der Waals surface area contributed by atoms with Crippen LogP contribution in [0.2, 0.25) is 0 Å². The second-order valence-corrected chi connectivity index (χ2v) is 9.11. The fraction of sp³-hybridized carbons (Fsp3) is 0.250. The standard InChI is InChI=1S/C24H27N3O2S/c1-3-26(4-2)15-16-27-14-13-21-17-22(10-12-24(21)27)25-30(28,29)23-11-9-19-7-5-6-8-20(19)18-23/h5-14,17-18,25H,3-4,15-16H2,1-2H3. The molecule has 4 rings (SSSR count). The Bertz CT molecular complexity index is 1270. The van der Waals surface area contributed by atoms with Crippen molar-refractivity contribution in [2.75, 3.05) is 24.4 Å². The summed E-state index contributed by atoms with van der Waals surface area (Å²) in [7, 11) is -3.66. The first kappa shape index (κ1) is 20.4. The maximum Gasteiger partial charge on any atom is 0.261 e. The molecule has 0 radical (unpaired) electrons. The molecule has 4 aromatic rings. The van der Waals surface area contributed by atoms with Crippen molar-refractivity contribution in [3.05, 3.63) is 72.9 Å². The monoisotopic (exact) mass is 421 g/mol. The molecule has 0 aliphatic carbocycles. The maximum atomic E-state index is 12.9. The van der Waals surface area contributed by atoms with Gasteiger partial charge >= 0.3 is 0 Å². The van der Waals surface area contributed by atoms with Crippen LogP contribution >= 0.6 is 0 Å². The molecular weight excluding hydrogens is 394 g/mol. The van der Waals surface area contributed by atoms with Gasteiger partial charge in [-0.15, -0.1) is 0 Å². The summed E-state index contributed by atoms with van der Waals surface area (Å²) in [5.41, 5.74) is 1.67. The summed E-state index contributed by atoms with van der Waals surface area (Å²) in [5, 5.41) is 2.94. The van der Waals surface area contributed by atoms with Crippen molar-refractivity contribution in [2.45, 2.75) is 25.3 Å².